The molecule has 0 saturated carbocycles. The summed E-state index contributed by atoms with van der Waals surface area (Å²) in [7, 11) is 3.06. The Morgan fingerprint density at radius 3 is 2.43 bits per heavy atom. The van der Waals surface area contributed by atoms with Gasteiger partial charge in [0.2, 0.25) is 0 Å². The smallest absolute Gasteiger partial charge is 0.279 e. The number of carbonyl (C=O) groups excluding carboxylic acids is 1. The second kappa shape index (κ2) is 7.86. The summed E-state index contributed by atoms with van der Waals surface area (Å²) >= 11 is 6.07. The van der Waals surface area contributed by atoms with Crippen LogP contribution in [-0.4, -0.2) is 52.0 Å². The van der Waals surface area contributed by atoms with Crippen molar-refractivity contribution in [3.05, 3.63) is 17.2 Å². The van der Waals surface area contributed by atoms with Gasteiger partial charge in [-0.2, -0.15) is 0 Å². The van der Waals surface area contributed by atoms with E-state index in [1.165, 1.54) is 19.1 Å². The summed E-state index contributed by atoms with van der Waals surface area (Å²) in [6.07, 6.45) is 0.318. The number of rotatable bonds is 5. The first-order valence-electron chi connectivity index (χ1n) is 7.63. The molecule has 0 radical (unpaired) electrons. The number of benzene rings is 1. The fourth-order valence-corrected chi connectivity index (χ4v) is 3.14. The maximum absolute atomic E-state index is 12.3. The maximum Gasteiger partial charge on any atom is 0.279 e. The first kappa shape index (κ1) is 17.8. The average molecular weight is 344 g/mol. The predicted octanol–water partition coefficient (Wildman–Crippen LogP) is 0.988. The van der Waals surface area contributed by atoms with Crippen LogP contribution in [0.1, 0.15) is 13.8 Å². The van der Waals surface area contributed by atoms with Gasteiger partial charge in [0, 0.05) is 12.1 Å². The molecule has 1 amide bonds. The van der Waals surface area contributed by atoms with Crippen LogP contribution >= 0.6 is 11.6 Å². The number of hydrogen-bond donors (Lipinski definition) is 2. The van der Waals surface area contributed by atoms with Crippen LogP contribution in [0.5, 0.6) is 11.5 Å². The van der Waals surface area contributed by atoms with Gasteiger partial charge in [-0.05, 0) is 13.8 Å². The minimum atomic E-state index is -0.0797. The van der Waals surface area contributed by atoms with Crippen molar-refractivity contribution in [1.82, 2.24) is 0 Å². The van der Waals surface area contributed by atoms with E-state index >= 15 is 0 Å². The number of nitrogens with one attached hydrogen (secondary N) is 2. The lowest BCUT2D eigenvalue weighted by molar-refractivity contribution is -0.907. The number of hydrogen-bond acceptors (Lipinski definition) is 4. The zero-order valence-electron chi connectivity index (χ0n) is 13.9. The van der Waals surface area contributed by atoms with Gasteiger partial charge in [0.25, 0.3) is 5.91 Å². The van der Waals surface area contributed by atoms with E-state index in [0.717, 1.165) is 13.1 Å². The Balaban J connectivity index is 2.05. The van der Waals surface area contributed by atoms with E-state index in [2.05, 4.69) is 5.32 Å². The number of anilines is 1. The highest BCUT2D eigenvalue weighted by atomic mass is 35.5. The molecule has 2 atom stereocenters. The standard InChI is InChI=1S/C16H23ClN2O4/c1-10-7-19(8-11(2)23-10)9-16(20)18-13-6-14(21-3)12(17)5-15(13)22-4/h5-6,10-11H,7-9H2,1-4H3,(H,18,20)/p+1/t10-,11-/m0/s1. The van der Waals surface area contributed by atoms with Crippen molar-refractivity contribution in [1.29, 1.82) is 0 Å². The zero-order valence-corrected chi connectivity index (χ0v) is 14.7. The number of halogens is 1. The topological polar surface area (TPSA) is 61.2 Å². The van der Waals surface area contributed by atoms with E-state index in [1.54, 1.807) is 12.1 Å². The molecule has 2 rings (SSSR count). The van der Waals surface area contributed by atoms with E-state index in [1.807, 2.05) is 13.8 Å². The molecule has 7 heteroatoms. The third-order valence-corrected chi connectivity index (χ3v) is 4.07. The van der Waals surface area contributed by atoms with E-state index < -0.39 is 0 Å². The van der Waals surface area contributed by atoms with Crippen molar-refractivity contribution in [2.45, 2.75) is 26.1 Å². The van der Waals surface area contributed by atoms with Crippen molar-refractivity contribution in [3.63, 3.8) is 0 Å². The largest absolute Gasteiger partial charge is 0.495 e. The number of quaternary nitrogens is 1. The summed E-state index contributed by atoms with van der Waals surface area (Å²) in [6.45, 7) is 6.07. The Morgan fingerprint density at radius 1 is 1.26 bits per heavy atom. The minimum absolute atomic E-state index is 0.0797. The zero-order chi connectivity index (χ0) is 17.0. The predicted molar refractivity (Wildman–Crippen MR) is 88.8 cm³/mol. The molecule has 0 unspecified atom stereocenters. The molecule has 0 aromatic heterocycles. The van der Waals surface area contributed by atoms with Crippen LogP contribution in [0.2, 0.25) is 5.02 Å². The molecule has 0 aliphatic carbocycles. The van der Waals surface area contributed by atoms with Gasteiger partial charge >= 0.3 is 0 Å². The van der Waals surface area contributed by atoms with Crippen LogP contribution in [0, 0.1) is 0 Å². The Kier molecular flexibility index (Phi) is 6.10. The van der Waals surface area contributed by atoms with Crippen molar-refractivity contribution >= 4 is 23.2 Å². The van der Waals surface area contributed by atoms with Gasteiger partial charge in [-0.25, -0.2) is 0 Å². The van der Waals surface area contributed by atoms with Crippen LogP contribution in [-0.2, 0) is 9.53 Å². The number of amides is 1. The number of carbonyl (C=O) groups is 1. The summed E-state index contributed by atoms with van der Waals surface area (Å²) in [5, 5.41) is 3.31. The quantitative estimate of drug-likeness (QED) is 0.837. The second-order valence-corrected chi connectivity index (χ2v) is 6.23. The van der Waals surface area contributed by atoms with Crippen molar-refractivity contribution < 1.29 is 23.9 Å². The van der Waals surface area contributed by atoms with Gasteiger partial charge in [-0.3, -0.25) is 4.79 Å². The first-order chi connectivity index (χ1) is 10.9. The highest BCUT2D eigenvalue weighted by Crippen LogP contribution is 2.35. The number of methoxy groups -OCH3 is 2. The van der Waals surface area contributed by atoms with Crippen LogP contribution in [0.25, 0.3) is 0 Å². The van der Waals surface area contributed by atoms with Crippen molar-refractivity contribution in [3.8, 4) is 11.5 Å². The summed E-state index contributed by atoms with van der Waals surface area (Å²) in [4.78, 5) is 13.5. The van der Waals surface area contributed by atoms with E-state index in [9.17, 15) is 4.79 Å². The molecule has 2 N–H and O–H groups in total. The summed E-state index contributed by atoms with van der Waals surface area (Å²) in [5.41, 5.74) is 0.549. The van der Waals surface area contributed by atoms with Gasteiger partial charge < -0.3 is 24.4 Å². The molecule has 1 aromatic carbocycles. The van der Waals surface area contributed by atoms with Crippen molar-refractivity contribution in [2.24, 2.45) is 0 Å². The molecule has 0 spiro atoms. The molecule has 128 valence electrons. The van der Waals surface area contributed by atoms with Gasteiger partial charge in [0.05, 0.1) is 24.9 Å². The lowest BCUT2D eigenvalue weighted by Crippen LogP contribution is -3.16. The van der Waals surface area contributed by atoms with Gasteiger partial charge in [-0.1, -0.05) is 11.6 Å². The highest BCUT2D eigenvalue weighted by Gasteiger charge is 2.27. The SMILES string of the molecule is COc1cc(NC(=O)C[NH+]2C[C@H](C)O[C@@H](C)C2)c(OC)cc1Cl. The van der Waals surface area contributed by atoms with Gasteiger partial charge in [-0.15, -0.1) is 0 Å². The fourth-order valence-electron chi connectivity index (χ4n) is 2.91. The lowest BCUT2D eigenvalue weighted by atomic mass is 10.2. The summed E-state index contributed by atoms with van der Waals surface area (Å²) in [6, 6.07) is 3.29. The van der Waals surface area contributed by atoms with Gasteiger partial charge in [0.15, 0.2) is 6.54 Å². The molecule has 1 aliphatic rings. The Morgan fingerprint density at radius 2 is 1.87 bits per heavy atom. The summed E-state index contributed by atoms with van der Waals surface area (Å²) < 4.78 is 16.1. The van der Waals surface area contributed by atoms with Crippen LogP contribution in [0.4, 0.5) is 5.69 Å². The Bertz CT molecular complexity index is 557. The summed E-state index contributed by atoms with van der Waals surface area (Å²) in [5.74, 6) is 0.913. The first-order valence-corrected chi connectivity index (χ1v) is 8.01. The van der Waals surface area contributed by atoms with Gasteiger partial charge in [0.1, 0.15) is 36.8 Å². The average Bonchev–Trinajstić information content (AvgIpc) is 2.47. The molecular weight excluding hydrogens is 320 g/mol. The third-order valence-electron chi connectivity index (χ3n) is 3.78. The van der Waals surface area contributed by atoms with E-state index in [0.29, 0.717) is 28.8 Å². The normalized spacial score (nSPS) is 24.1. The van der Waals surface area contributed by atoms with Crippen LogP contribution in [0.15, 0.2) is 12.1 Å². The highest BCUT2D eigenvalue weighted by molar-refractivity contribution is 6.32. The molecule has 1 aliphatic heterocycles. The Hall–Kier alpha value is -1.50. The number of morpholine rings is 1. The molecular formula is C16H24ClN2O4+. The Labute approximate surface area is 141 Å². The number of ether oxygens (including phenoxy) is 3. The molecule has 1 saturated heterocycles. The maximum atomic E-state index is 12.3. The van der Waals surface area contributed by atoms with Crippen LogP contribution < -0.4 is 19.7 Å². The molecule has 6 nitrogen and oxygen atoms in total. The third kappa shape index (κ3) is 4.73. The van der Waals surface area contributed by atoms with E-state index in [4.69, 9.17) is 25.8 Å². The molecule has 1 fully saturated rings. The monoisotopic (exact) mass is 343 g/mol. The van der Waals surface area contributed by atoms with E-state index in [-0.39, 0.29) is 18.1 Å². The second-order valence-electron chi connectivity index (χ2n) is 5.83. The molecule has 1 aromatic rings. The fraction of sp³-hybridized carbons (Fsp3) is 0.562. The molecule has 23 heavy (non-hydrogen) atoms. The minimum Gasteiger partial charge on any atom is -0.495 e. The van der Waals surface area contributed by atoms with Crippen LogP contribution in [0.3, 0.4) is 0 Å². The lowest BCUT2D eigenvalue weighted by Gasteiger charge is -2.31. The molecule has 1 heterocycles. The van der Waals surface area contributed by atoms with Crippen molar-refractivity contribution in [2.75, 3.05) is 39.2 Å². The molecule has 0 bridgehead atoms.